The number of carbonyl (C=O) groups excluding carboxylic acids is 1. The summed E-state index contributed by atoms with van der Waals surface area (Å²) < 4.78 is 11.3. The molecule has 5 nitrogen and oxygen atoms in total. The van der Waals surface area contributed by atoms with Gasteiger partial charge in [0.1, 0.15) is 18.1 Å². The number of hydrogen-bond donors (Lipinski definition) is 1. The molecule has 2 aliphatic heterocycles. The van der Waals surface area contributed by atoms with Crippen LogP contribution in [0.2, 0.25) is 0 Å². The molecule has 1 aliphatic carbocycles. The lowest BCUT2D eigenvalue weighted by atomic mass is 9.89. The largest absolute Gasteiger partial charge is 0.497 e. The molecule has 5 heteroatoms. The lowest BCUT2D eigenvalue weighted by molar-refractivity contribution is -0.118. The van der Waals surface area contributed by atoms with Crippen molar-refractivity contribution in [2.45, 2.75) is 44.1 Å². The second-order valence-corrected chi connectivity index (χ2v) is 10.9. The minimum atomic E-state index is 0.0181. The van der Waals surface area contributed by atoms with E-state index < -0.39 is 0 Å². The fourth-order valence-electron chi connectivity index (χ4n) is 6.39. The van der Waals surface area contributed by atoms with Gasteiger partial charge in [0.15, 0.2) is 0 Å². The van der Waals surface area contributed by atoms with E-state index in [-0.39, 0.29) is 11.9 Å². The van der Waals surface area contributed by atoms with E-state index in [9.17, 15) is 4.79 Å². The summed E-state index contributed by atoms with van der Waals surface area (Å²) in [4.78, 5) is 15.8. The molecule has 2 heterocycles. The second-order valence-electron chi connectivity index (χ2n) is 10.9. The number of carbonyl (C=O) groups is 1. The number of methoxy groups -OCH3 is 1. The van der Waals surface area contributed by atoms with Crippen LogP contribution in [0.4, 0.5) is 0 Å². The van der Waals surface area contributed by atoms with Gasteiger partial charge >= 0.3 is 0 Å². The summed E-state index contributed by atoms with van der Waals surface area (Å²) in [6.45, 7) is 3.78. The monoisotopic (exact) mass is 496 g/mol. The van der Waals surface area contributed by atoms with Crippen LogP contribution in [0, 0.1) is 5.92 Å². The number of piperidine rings is 1. The third-order valence-electron chi connectivity index (χ3n) is 8.49. The normalized spacial score (nSPS) is 22.2. The van der Waals surface area contributed by atoms with Gasteiger partial charge in [0.2, 0.25) is 0 Å². The second kappa shape index (κ2) is 10.6. The first-order valence-electron chi connectivity index (χ1n) is 13.7. The fourth-order valence-corrected chi connectivity index (χ4v) is 6.39. The maximum Gasteiger partial charge on any atom is 0.250 e. The van der Waals surface area contributed by atoms with Crippen molar-refractivity contribution in [1.82, 2.24) is 10.2 Å². The van der Waals surface area contributed by atoms with Gasteiger partial charge in [-0.25, -0.2) is 0 Å². The zero-order valence-corrected chi connectivity index (χ0v) is 21.6. The van der Waals surface area contributed by atoms with Crippen molar-refractivity contribution in [2.24, 2.45) is 5.92 Å². The summed E-state index contributed by atoms with van der Waals surface area (Å²) in [7, 11) is 1.72. The van der Waals surface area contributed by atoms with Crippen LogP contribution < -0.4 is 14.8 Å². The Morgan fingerprint density at radius 1 is 1.00 bits per heavy atom. The molecule has 6 rings (SSSR count). The molecule has 1 amide bonds. The number of amides is 1. The zero-order chi connectivity index (χ0) is 25.2. The first kappa shape index (κ1) is 24.1. The molecule has 1 N–H and O–H groups in total. The summed E-state index contributed by atoms with van der Waals surface area (Å²) in [6, 6.07) is 21.2. The minimum absolute atomic E-state index is 0.0181. The van der Waals surface area contributed by atoms with Crippen molar-refractivity contribution in [3.05, 3.63) is 77.4 Å². The van der Waals surface area contributed by atoms with Crippen molar-refractivity contribution in [2.75, 3.05) is 33.4 Å². The van der Waals surface area contributed by atoms with Crippen LogP contribution >= 0.6 is 0 Å². The molecule has 0 aromatic heterocycles. The van der Waals surface area contributed by atoms with Crippen LogP contribution in [0.3, 0.4) is 0 Å². The average molecular weight is 497 g/mol. The molecule has 3 aromatic rings. The number of nitrogens with one attached hydrogen (secondary N) is 1. The van der Waals surface area contributed by atoms with Crippen molar-refractivity contribution in [3.8, 4) is 11.5 Å². The fraction of sp³-hybridized carbons (Fsp3) is 0.406. The Balaban J connectivity index is 1.00. The van der Waals surface area contributed by atoms with Gasteiger partial charge in [-0.15, -0.1) is 0 Å². The molecule has 3 aliphatic rings. The minimum Gasteiger partial charge on any atom is -0.497 e. The molecule has 2 fully saturated rings. The van der Waals surface area contributed by atoms with E-state index >= 15 is 0 Å². The van der Waals surface area contributed by atoms with Crippen molar-refractivity contribution >= 4 is 22.8 Å². The van der Waals surface area contributed by atoms with Crippen molar-refractivity contribution in [3.63, 3.8) is 0 Å². The van der Waals surface area contributed by atoms with E-state index in [4.69, 9.17) is 9.47 Å². The number of likely N-dealkylation sites (tertiary alicyclic amines) is 1. The summed E-state index contributed by atoms with van der Waals surface area (Å²) in [5.74, 6) is 3.10. The van der Waals surface area contributed by atoms with E-state index in [0.29, 0.717) is 24.0 Å². The highest BCUT2D eigenvalue weighted by Gasteiger charge is 2.30. The Hall–Kier alpha value is -3.31. The number of nitrogens with zero attached hydrogens (tertiary/aromatic N) is 1. The first-order chi connectivity index (χ1) is 18.2. The van der Waals surface area contributed by atoms with E-state index in [1.165, 1.54) is 24.8 Å². The summed E-state index contributed by atoms with van der Waals surface area (Å²) >= 11 is 0. The van der Waals surface area contributed by atoms with Gasteiger partial charge in [0.25, 0.3) is 5.91 Å². The molecule has 0 radical (unpaired) electrons. The standard InChI is InChI=1S/C32H36N2O3/c1-36-28-11-7-23(8-12-28)24-14-16-34(17-15-24)20-22-6-10-27(18-22)33-32(35)26-19-30-29-5-3-2-4-25(29)9-13-31(30)37-21-26/h2-5,7-9,11-13,19,22,24,27H,6,10,14-18,20-21H2,1H3,(H,33,35). The lowest BCUT2D eigenvalue weighted by Crippen LogP contribution is -2.38. The van der Waals surface area contributed by atoms with Gasteiger partial charge < -0.3 is 19.7 Å². The topological polar surface area (TPSA) is 50.8 Å². The number of hydrogen-bond acceptors (Lipinski definition) is 4. The molecular formula is C32H36N2O3. The molecule has 3 aromatic carbocycles. The van der Waals surface area contributed by atoms with Crippen LogP contribution in [-0.2, 0) is 4.79 Å². The lowest BCUT2D eigenvalue weighted by Gasteiger charge is -2.33. The summed E-state index contributed by atoms with van der Waals surface area (Å²) in [5, 5.41) is 5.60. The number of rotatable bonds is 6. The number of benzene rings is 3. The van der Waals surface area contributed by atoms with Gasteiger partial charge in [-0.2, -0.15) is 0 Å². The van der Waals surface area contributed by atoms with Crippen LogP contribution in [0.15, 0.2) is 66.2 Å². The highest BCUT2D eigenvalue weighted by atomic mass is 16.5. The molecule has 37 heavy (non-hydrogen) atoms. The Morgan fingerprint density at radius 3 is 2.62 bits per heavy atom. The maximum atomic E-state index is 13.1. The third-order valence-corrected chi connectivity index (χ3v) is 8.49. The molecular weight excluding hydrogens is 460 g/mol. The van der Waals surface area contributed by atoms with E-state index in [1.54, 1.807) is 7.11 Å². The predicted octanol–water partition coefficient (Wildman–Crippen LogP) is 5.79. The van der Waals surface area contributed by atoms with Gasteiger partial charge in [-0.3, -0.25) is 4.79 Å². The molecule has 1 saturated heterocycles. The maximum absolute atomic E-state index is 13.1. The molecule has 0 bridgehead atoms. The van der Waals surface area contributed by atoms with Crippen LogP contribution in [0.5, 0.6) is 11.5 Å². The molecule has 1 saturated carbocycles. The smallest absolute Gasteiger partial charge is 0.250 e. The molecule has 192 valence electrons. The van der Waals surface area contributed by atoms with E-state index in [1.807, 2.05) is 24.3 Å². The molecule has 2 atom stereocenters. The predicted molar refractivity (Wildman–Crippen MR) is 148 cm³/mol. The highest BCUT2D eigenvalue weighted by molar-refractivity contribution is 6.03. The number of fused-ring (bicyclic) bond motifs is 3. The van der Waals surface area contributed by atoms with Crippen LogP contribution in [-0.4, -0.2) is 50.2 Å². The van der Waals surface area contributed by atoms with E-state index in [2.05, 4.69) is 52.7 Å². The van der Waals surface area contributed by atoms with Gasteiger partial charge in [0, 0.05) is 18.2 Å². The number of ether oxygens (including phenoxy) is 2. The quantitative estimate of drug-likeness (QED) is 0.469. The van der Waals surface area contributed by atoms with Crippen molar-refractivity contribution in [1.29, 1.82) is 0 Å². The Morgan fingerprint density at radius 2 is 1.81 bits per heavy atom. The Kier molecular flexibility index (Phi) is 6.88. The highest BCUT2D eigenvalue weighted by Crippen LogP contribution is 2.34. The average Bonchev–Trinajstić information content (AvgIpc) is 3.39. The Labute approximate surface area is 219 Å². The first-order valence-corrected chi connectivity index (χ1v) is 13.7. The van der Waals surface area contributed by atoms with Crippen LogP contribution in [0.1, 0.15) is 49.1 Å². The molecule has 2 unspecified atom stereocenters. The summed E-state index contributed by atoms with van der Waals surface area (Å²) in [5.41, 5.74) is 3.16. The van der Waals surface area contributed by atoms with E-state index in [0.717, 1.165) is 60.3 Å². The summed E-state index contributed by atoms with van der Waals surface area (Å²) in [6.07, 6.45) is 7.76. The molecule has 0 spiro atoms. The van der Waals surface area contributed by atoms with Crippen LogP contribution in [0.25, 0.3) is 16.8 Å². The zero-order valence-electron chi connectivity index (χ0n) is 21.6. The SMILES string of the molecule is COc1ccc(C2CCN(CC3CCC(NC(=O)C4=Cc5c(ccc6ccccc56)OC4)C3)CC2)cc1. The van der Waals surface area contributed by atoms with Crippen molar-refractivity contribution < 1.29 is 14.3 Å². The van der Waals surface area contributed by atoms with Gasteiger partial charge in [-0.1, -0.05) is 42.5 Å². The van der Waals surface area contributed by atoms with Gasteiger partial charge in [-0.05, 0) is 97.6 Å². The van der Waals surface area contributed by atoms with Gasteiger partial charge in [0.05, 0.1) is 12.7 Å². The Bertz CT molecular complexity index is 1290. The third kappa shape index (κ3) is 5.24.